The van der Waals surface area contributed by atoms with Crippen LogP contribution in [-0.2, 0) is 0 Å². The molecule has 0 N–H and O–H groups in total. The lowest BCUT2D eigenvalue weighted by Crippen LogP contribution is -2.23. The Bertz CT molecular complexity index is 1200. The van der Waals surface area contributed by atoms with Crippen LogP contribution in [0.3, 0.4) is 0 Å². The third-order valence-corrected chi connectivity index (χ3v) is 9.48. The van der Waals surface area contributed by atoms with Gasteiger partial charge in [-0.1, -0.05) is 42.5 Å². The van der Waals surface area contributed by atoms with Crippen molar-refractivity contribution in [3.8, 4) is 11.5 Å². The number of hydrogen-bond acceptors (Lipinski definition) is 3. The third-order valence-electron chi connectivity index (χ3n) is 6.95. The number of ether oxygens (including phenoxy) is 2. The Balaban J connectivity index is 1.98. The summed E-state index contributed by atoms with van der Waals surface area (Å²) in [5.41, 5.74) is 7.46. The second-order valence-electron chi connectivity index (χ2n) is 9.85. The molecule has 4 rings (SSSR count). The van der Waals surface area contributed by atoms with Crippen LogP contribution in [0, 0.1) is 27.7 Å². The summed E-state index contributed by atoms with van der Waals surface area (Å²) in [5, 5.41) is 4.25. The fourth-order valence-electron chi connectivity index (χ4n) is 5.59. The van der Waals surface area contributed by atoms with Crippen LogP contribution in [0.5, 0.6) is 11.5 Å². The van der Waals surface area contributed by atoms with Gasteiger partial charge in [-0.2, -0.15) is 0 Å². The number of allylic oxidation sites excluding steroid dienone is 2. The lowest BCUT2D eigenvalue weighted by molar-refractivity contribution is 0.341. The summed E-state index contributed by atoms with van der Waals surface area (Å²) in [6, 6.07) is 20.4. The minimum absolute atomic E-state index is 0.200. The molecule has 0 bridgehead atoms. The van der Waals surface area contributed by atoms with Crippen molar-refractivity contribution < 1.29 is 9.47 Å². The third kappa shape index (κ3) is 5.01. The zero-order chi connectivity index (χ0) is 26.0. The van der Waals surface area contributed by atoms with Crippen LogP contribution in [0.4, 0.5) is 0 Å². The van der Waals surface area contributed by atoms with Crippen molar-refractivity contribution in [3.05, 3.63) is 105 Å². The lowest BCUT2D eigenvalue weighted by atomic mass is 9.98. The normalized spacial score (nSPS) is 14.2. The Morgan fingerprint density at radius 3 is 1.64 bits per heavy atom. The van der Waals surface area contributed by atoms with Crippen LogP contribution in [0.2, 0.25) is 0 Å². The van der Waals surface area contributed by atoms with Gasteiger partial charge in [0.15, 0.2) is 0 Å². The van der Waals surface area contributed by atoms with Gasteiger partial charge in [-0.3, -0.25) is 4.90 Å². The first-order valence-electron chi connectivity index (χ1n) is 12.5. The molecule has 36 heavy (non-hydrogen) atoms. The van der Waals surface area contributed by atoms with Crippen LogP contribution in [0.25, 0.3) is 0 Å². The van der Waals surface area contributed by atoms with E-state index >= 15 is 0 Å². The largest absolute Gasteiger partial charge is 0.496 e. The van der Waals surface area contributed by atoms with E-state index in [1.807, 2.05) is 0 Å². The van der Waals surface area contributed by atoms with Crippen LogP contribution >= 0.6 is 7.92 Å². The van der Waals surface area contributed by atoms with E-state index in [9.17, 15) is 0 Å². The summed E-state index contributed by atoms with van der Waals surface area (Å²) in [7, 11) is 7.12. The molecule has 0 aromatic heterocycles. The fourth-order valence-corrected chi connectivity index (χ4v) is 8.55. The number of likely N-dealkylation sites (N-methyl/N-ethyl adjacent to an activating group) is 1. The molecule has 0 heterocycles. The van der Waals surface area contributed by atoms with Crippen LogP contribution < -0.4 is 20.1 Å². The number of hydrogen-bond donors (Lipinski definition) is 0. The average molecular weight is 500 g/mol. The monoisotopic (exact) mass is 499 g/mol. The molecule has 3 aromatic rings. The number of rotatable bonds is 8. The topological polar surface area (TPSA) is 21.7 Å². The number of methoxy groups -OCH3 is 2. The minimum atomic E-state index is -0.759. The Morgan fingerprint density at radius 2 is 1.22 bits per heavy atom. The Labute approximate surface area is 218 Å². The van der Waals surface area contributed by atoms with Gasteiger partial charge in [0.25, 0.3) is 0 Å². The molecule has 1 aliphatic carbocycles. The van der Waals surface area contributed by atoms with E-state index in [0.29, 0.717) is 0 Å². The Kier molecular flexibility index (Phi) is 8.03. The molecule has 0 amide bonds. The molecule has 0 saturated carbocycles. The van der Waals surface area contributed by atoms with Gasteiger partial charge >= 0.3 is 0 Å². The molecule has 0 radical (unpaired) electrons. The molecule has 4 heteroatoms. The first-order valence-corrected chi connectivity index (χ1v) is 13.8. The highest BCUT2D eigenvalue weighted by Gasteiger charge is 2.30. The Hall–Kier alpha value is -2.87. The Morgan fingerprint density at radius 1 is 0.750 bits per heavy atom. The van der Waals surface area contributed by atoms with Crippen molar-refractivity contribution >= 4 is 18.5 Å². The molecule has 0 aliphatic heterocycles. The van der Waals surface area contributed by atoms with Crippen LogP contribution in [0.1, 0.15) is 40.3 Å². The number of nitrogens with zero attached hydrogens (tertiary/aromatic N) is 1. The van der Waals surface area contributed by atoms with E-state index in [0.717, 1.165) is 17.9 Å². The van der Waals surface area contributed by atoms with Crippen molar-refractivity contribution in [2.75, 3.05) is 28.3 Å². The number of aryl methyl sites for hydroxylation is 4. The zero-order valence-corrected chi connectivity index (χ0v) is 23.7. The summed E-state index contributed by atoms with van der Waals surface area (Å²) in [4.78, 5) is 2.34. The van der Waals surface area contributed by atoms with E-state index in [-0.39, 0.29) is 6.04 Å². The summed E-state index contributed by atoms with van der Waals surface area (Å²) < 4.78 is 11.4. The van der Waals surface area contributed by atoms with Crippen molar-refractivity contribution in [1.29, 1.82) is 0 Å². The zero-order valence-electron chi connectivity index (χ0n) is 22.8. The van der Waals surface area contributed by atoms with Gasteiger partial charge < -0.3 is 9.47 Å². The lowest BCUT2D eigenvalue weighted by Gasteiger charge is -2.30. The molecule has 3 aromatic carbocycles. The van der Waals surface area contributed by atoms with E-state index in [1.165, 1.54) is 49.3 Å². The van der Waals surface area contributed by atoms with Gasteiger partial charge in [-0.15, -0.1) is 0 Å². The van der Waals surface area contributed by atoms with E-state index in [1.54, 1.807) is 14.2 Å². The maximum Gasteiger partial charge on any atom is 0.124 e. The maximum absolute atomic E-state index is 5.72. The van der Waals surface area contributed by atoms with E-state index in [4.69, 9.17) is 9.47 Å². The fraction of sp³-hybridized carbons (Fsp3) is 0.312. The van der Waals surface area contributed by atoms with Crippen LogP contribution in [0.15, 0.2) is 77.6 Å². The molecule has 0 unspecified atom stereocenters. The van der Waals surface area contributed by atoms with Gasteiger partial charge in [0.2, 0.25) is 0 Å². The second kappa shape index (κ2) is 11.0. The molecular formula is C32H38NO2P. The van der Waals surface area contributed by atoms with Crippen molar-refractivity contribution in [1.82, 2.24) is 4.90 Å². The number of benzene rings is 3. The van der Waals surface area contributed by atoms with E-state index < -0.39 is 7.92 Å². The van der Waals surface area contributed by atoms with E-state index in [2.05, 4.69) is 113 Å². The maximum atomic E-state index is 5.72. The summed E-state index contributed by atoms with van der Waals surface area (Å²) in [6.07, 6.45) is 5.66. The van der Waals surface area contributed by atoms with Crippen LogP contribution in [-0.4, -0.2) is 33.2 Å². The molecule has 0 fully saturated rings. The summed E-state index contributed by atoms with van der Waals surface area (Å²) >= 11 is 0. The highest BCUT2D eigenvalue weighted by atomic mass is 31.1. The van der Waals surface area contributed by atoms with Gasteiger partial charge in [0.1, 0.15) is 11.5 Å². The average Bonchev–Trinajstić information content (AvgIpc) is 3.28. The SMILES string of the molecule is COc1c(C)cc(P(C2=C([C@H](c3ccccc3)N(C)C)C=CC2)c2cc(C)c(OC)c(C)c2)cc1C. The first-order chi connectivity index (χ1) is 17.3. The summed E-state index contributed by atoms with van der Waals surface area (Å²) in [6.45, 7) is 8.62. The molecule has 1 aliphatic rings. The van der Waals surface area contributed by atoms with Crippen molar-refractivity contribution in [2.24, 2.45) is 0 Å². The van der Waals surface area contributed by atoms with Gasteiger partial charge in [0.05, 0.1) is 20.3 Å². The van der Waals surface area contributed by atoms with Gasteiger partial charge in [-0.25, -0.2) is 0 Å². The summed E-state index contributed by atoms with van der Waals surface area (Å²) in [5.74, 6) is 1.95. The molecule has 0 spiro atoms. The highest BCUT2D eigenvalue weighted by molar-refractivity contribution is 7.76. The molecule has 188 valence electrons. The predicted molar refractivity (Wildman–Crippen MR) is 155 cm³/mol. The molecule has 3 nitrogen and oxygen atoms in total. The van der Waals surface area contributed by atoms with Gasteiger partial charge in [-0.05, 0) is 130 Å². The predicted octanol–water partition coefficient (Wildman–Crippen LogP) is 6.89. The second-order valence-corrected chi connectivity index (χ2v) is 12.1. The quantitative estimate of drug-likeness (QED) is 0.315. The molecular weight excluding hydrogens is 461 g/mol. The first kappa shape index (κ1) is 26.2. The standard InChI is InChI=1S/C32H38NO2P/c1-21-17-26(18-22(2)31(21)34-7)36(27-19-23(3)32(35-8)24(4)20-27)29-16-12-15-28(29)30(33(5)6)25-13-10-9-11-14-25/h9-15,17-20,30H,16H2,1-8H3/t30-/m0/s1. The van der Waals surface area contributed by atoms with Crippen molar-refractivity contribution in [2.45, 2.75) is 40.2 Å². The molecule has 0 saturated heterocycles. The highest BCUT2D eigenvalue weighted by Crippen LogP contribution is 2.53. The smallest absolute Gasteiger partial charge is 0.124 e. The van der Waals surface area contributed by atoms with Gasteiger partial charge in [0, 0.05) is 0 Å². The molecule has 1 atom stereocenters. The van der Waals surface area contributed by atoms with Crippen molar-refractivity contribution in [3.63, 3.8) is 0 Å². The minimum Gasteiger partial charge on any atom is -0.496 e.